The van der Waals surface area contributed by atoms with Crippen LogP contribution >= 0.6 is 0 Å². The number of hydrogen-bond acceptors (Lipinski definition) is 5. The van der Waals surface area contributed by atoms with Gasteiger partial charge in [-0.3, -0.25) is 14.9 Å². The highest BCUT2D eigenvalue weighted by Gasteiger charge is 2.35. The Morgan fingerprint density at radius 2 is 2.22 bits per heavy atom. The number of hydrogen-bond donors (Lipinski definition) is 3. The number of carbonyl (C=O) groups is 1. The van der Waals surface area contributed by atoms with Crippen LogP contribution in [-0.4, -0.2) is 35.6 Å². The summed E-state index contributed by atoms with van der Waals surface area (Å²) in [4.78, 5) is 22.4. The number of nitrogens with one attached hydrogen (secondary N) is 2. The molecule has 1 aromatic carbocycles. The predicted octanol–water partition coefficient (Wildman–Crippen LogP) is 2.31. The molecule has 23 heavy (non-hydrogen) atoms. The number of carbonyl (C=O) groups excluding carboxylic acids is 1. The van der Waals surface area contributed by atoms with Gasteiger partial charge < -0.3 is 15.7 Å². The normalized spacial score (nSPS) is 24.0. The van der Waals surface area contributed by atoms with Crippen molar-refractivity contribution in [2.45, 2.75) is 38.7 Å². The third kappa shape index (κ3) is 3.79. The monoisotopic (exact) mass is 321 g/mol. The minimum Gasteiger partial charge on any atom is -0.392 e. The van der Waals surface area contributed by atoms with E-state index >= 15 is 0 Å². The van der Waals surface area contributed by atoms with Crippen molar-refractivity contribution >= 4 is 17.3 Å². The molecule has 3 N–H and O–H groups in total. The topological polar surface area (TPSA) is 104 Å². The maximum absolute atomic E-state index is 11.6. The second-order valence-corrected chi connectivity index (χ2v) is 6.34. The Hall–Kier alpha value is -2.15. The number of aliphatic hydroxyl groups is 1. The number of benzene rings is 1. The maximum atomic E-state index is 11.6. The molecule has 1 saturated carbocycles. The minimum atomic E-state index is -0.506. The van der Waals surface area contributed by atoms with Gasteiger partial charge in [0.1, 0.15) is 5.69 Å². The molecule has 1 fully saturated rings. The zero-order chi connectivity index (χ0) is 17.0. The van der Waals surface area contributed by atoms with E-state index in [0.717, 1.165) is 25.7 Å². The number of amides is 1. The molecular weight excluding hydrogens is 298 g/mol. The van der Waals surface area contributed by atoms with Gasteiger partial charge in [0.15, 0.2) is 0 Å². The van der Waals surface area contributed by atoms with Crippen molar-refractivity contribution in [3.63, 3.8) is 0 Å². The molecule has 7 heteroatoms. The van der Waals surface area contributed by atoms with E-state index in [1.54, 1.807) is 12.1 Å². The van der Waals surface area contributed by atoms with Gasteiger partial charge in [0.2, 0.25) is 0 Å². The first-order chi connectivity index (χ1) is 10.9. The highest BCUT2D eigenvalue weighted by Crippen LogP contribution is 2.37. The second-order valence-electron chi connectivity index (χ2n) is 6.34. The Balaban J connectivity index is 2.19. The molecule has 0 spiro atoms. The molecule has 0 bridgehead atoms. The Morgan fingerprint density at radius 3 is 2.83 bits per heavy atom. The van der Waals surface area contributed by atoms with Crippen LogP contribution in [0.5, 0.6) is 0 Å². The fraction of sp³-hybridized carbons (Fsp3) is 0.562. The summed E-state index contributed by atoms with van der Waals surface area (Å²) in [6, 6.07) is 4.36. The number of aliphatic hydroxyl groups excluding tert-OH is 1. The minimum absolute atomic E-state index is 0.139. The van der Waals surface area contributed by atoms with E-state index < -0.39 is 11.0 Å². The Bertz CT molecular complexity index is 605. The molecular formula is C16H23N3O4. The Kier molecular flexibility index (Phi) is 5.20. The average molecular weight is 321 g/mol. The standard InChI is InChI=1S/C16H23N3O4/c1-16(8-4-3-5-14(16)20)10-18-12-7-6-11(15(21)17-2)9-13(12)19(22)23/h6-7,9,14,18,20H,3-5,8,10H2,1-2H3,(H,17,21). The summed E-state index contributed by atoms with van der Waals surface area (Å²) in [6.45, 7) is 2.45. The molecule has 0 radical (unpaired) electrons. The first kappa shape index (κ1) is 17.2. The summed E-state index contributed by atoms with van der Waals surface area (Å²) in [6.07, 6.45) is 3.29. The fourth-order valence-corrected chi connectivity index (χ4v) is 3.00. The van der Waals surface area contributed by atoms with Crippen molar-refractivity contribution in [3.05, 3.63) is 33.9 Å². The number of nitrogens with zero attached hydrogens (tertiary/aromatic N) is 1. The molecule has 1 aliphatic carbocycles. The first-order valence-corrected chi connectivity index (χ1v) is 7.80. The molecule has 0 saturated heterocycles. The van der Waals surface area contributed by atoms with Crippen LogP contribution in [0.25, 0.3) is 0 Å². The lowest BCUT2D eigenvalue weighted by Gasteiger charge is -2.38. The lowest BCUT2D eigenvalue weighted by Crippen LogP contribution is -2.41. The third-order valence-electron chi connectivity index (χ3n) is 4.65. The van der Waals surface area contributed by atoms with E-state index in [9.17, 15) is 20.0 Å². The maximum Gasteiger partial charge on any atom is 0.293 e. The van der Waals surface area contributed by atoms with Crippen molar-refractivity contribution in [2.75, 3.05) is 18.9 Å². The van der Waals surface area contributed by atoms with Crippen molar-refractivity contribution in [2.24, 2.45) is 5.41 Å². The van der Waals surface area contributed by atoms with E-state index in [4.69, 9.17) is 0 Å². The lowest BCUT2D eigenvalue weighted by molar-refractivity contribution is -0.384. The van der Waals surface area contributed by atoms with Gasteiger partial charge in [0.25, 0.3) is 11.6 Å². The van der Waals surface area contributed by atoms with Gasteiger partial charge in [0, 0.05) is 30.6 Å². The highest BCUT2D eigenvalue weighted by molar-refractivity contribution is 5.95. The van der Waals surface area contributed by atoms with E-state index in [2.05, 4.69) is 10.6 Å². The van der Waals surface area contributed by atoms with Gasteiger partial charge >= 0.3 is 0 Å². The van der Waals surface area contributed by atoms with Crippen molar-refractivity contribution < 1.29 is 14.8 Å². The molecule has 2 rings (SSSR count). The van der Waals surface area contributed by atoms with Gasteiger partial charge in [-0.15, -0.1) is 0 Å². The van der Waals surface area contributed by atoms with Crippen molar-refractivity contribution in [1.82, 2.24) is 5.32 Å². The number of anilines is 1. The lowest BCUT2D eigenvalue weighted by atomic mass is 9.73. The molecule has 0 heterocycles. The summed E-state index contributed by atoms with van der Waals surface area (Å²) in [5, 5.41) is 27.0. The number of rotatable bonds is 5. The SMILES string of the molecule is CNC(=O)c1ccc(NCC2(C)CCCCC2O)c([N+](=O)[O-])c1. The smallest absolute Gasteiger partial charge is 0.293 e. The van der Waals surface area contributed by atoms with E-state index in [-0.39, 0.29) is 22.6 Å². The van der Waals surface area contributed by atoms with Gasteiger partial charge in [-0.05, 0) is 25.0 Å². The molecule has 7 nitrogen and oxygen atoms in total. The molecule has 126 valence electrons. The predicted molar refractivity (Wildman–Crippen MR) is 87.6 cm³/mol. The van der Waals surface area contributed by atoms with Crippen molar-refractivity contribution in [1.29, 1.82) is 0 Å². The fourth-order valence-electron chi connectivity index (χ4n) is 3.00. The first-order valence-electron chi connectivity index (χ1n) is 7.80. The summed E-state index contributed by atoms with van der Waals surface area (Å²) >= 11 is 0. The Labute approximate surface area is 135 Å². The summed E-state index contributed by atoms with van der Waals surface area (Å²) < 4.78 is 0. The molecule has 1 aliphatic rings. The van der Waals surface area contributed by atoms with Crippen LogP contribution in [0.3, 0.4) is 0 Å². The van der Waals surface area contributed by atoms with E-state index in [0.29, 0.717) is 12.2 Å². The highest BCUT2D eigenvalue weighted by atomic mass is 16.6. The molecule has 2 unspecified atom stereocenters. The van der Waals surface area contributed by atoms with Gasteiger partial charge in [-0.1, -0.05) is 19.8 Å². The van der Waals surface area contributed by atoms with Crippen LogP contribution in [0, 0.1) is 15.5 Å². The third-order valence-corrected chi connectivity index (χ3v) is 4.65. The summed E-state index contributed by atoms with van der Waals surface area (Å²) in [5.41, 5.74) is 0.168. The van der Waals surface area contributed by atoms with Crippen LogP contribution in [0.4, 0.5) is 11.4 Å². The van der Waals surface area contributed by atoms with Crippen LogP contribution in [0.1, 0.15) is 43.0 Å². The van der Waals surface area contributed by atoms with E-state index in [1.807, 2.05) is 6.92 Å². The Morgan fingerprint density at radius 1 is 1.48 bits per heavy atom. The largest absolute Gasteiger partial charge is 0.392 e. The van der Waals surface area contributed by atoms with Crippen LogP contribution in [0.2, 0.25) is 0 Å². The van der Waals surface area contributed by atoms with Gasteiger partial charge in [-0.2, -0.15) is 0 Å². The molecule has 1 amide bonds. The zero-order valence-corrected chi connectivity index (χ0v) is 13.5. The van der Waals surface area contributed by atoms with Crippen LogP contribution in [0.15, 0.2) is 18.2 Å². The molecule has 0 aliphatic heterocycles. The van der Waals surface area contributed by atoms with E-state index in [1.165, 1.54) is 13.1 Å². The quantitative estimate of drug-likeness (QED) is 0.570. The number of nitro groups is 1. The van der Waals surface area contributed by atoms with Gasteiger partial charge in [0.05, 0.1) is 11.0 Å². The van der Waals surface area contributed by atoms with Crippen molar-refractivity contribution in [3.8, 4) is 0 Å². The summed E-state index contributed by atoms with van der Waals surface area (Å²) in [7, 11) is 1.48. The average Bonchev–Trinajstić information content (AvgIpc) is 2.55. The molecule has 1 aromatic rings. The molecule has 2 atom stereocenters. The zero-order valence-electron chi connectivity index (χ0n) is 13.5. The molecule has 0 aromatic heterocycles. The summed E-state index contributed by atoms with van der Waals surface area (Å²) in [5.74, 6) is -0.366. The van der Waals surface area contributed by atoms with Crippen LogP contribution < -0.4 is 10.6 Å². The second kappa shape index (κ2) is 6.95. The van der Waals surface area contributed by atoms with Gasteiger partial charge in [-0.25, -0.2) is 0 Å². The van der Waals surface area contributed by atoms with Crippen LogP contribution in [-0.2, 0) is 0 Å². The number of nitro benzene ring substituents is 1.